The quantitative estimate of drug-likeness (QED) is 0.744. The summed E-state index contributed by atoms with van der Waals surface area (Å²) in [6.07, 6.45) is 3.34. The van der Waals surface area contributed by atoms with E-state index in [0.717, 1.165) is 19.4 Å². The van der Waals surface area contributed by atoms with Crippen molar-refractivity contribution in [1.82, 2.24) is 9.97 Å². The molecule has 1 saturated heterocycles. The second-order valence-corrected chi connectivity index (χ2v) is 4.00. The highest BCUT2D eigenvalue weighted by atomic mass is 16.5. The lowest BCUT2D eigenvalue weighted by Crippen LogP contribution is -2.38. The molecule has 2 heterocycles. The molecule has 1 aliphatic rings. The number of methoxy groups -OCH3 is 1. The smallest absolute Gasteiger partial charge is 0.328 e. The summed E-state index contributed by atoms with van der Waals surface area (Å²) in [6.45, 7) is 2.96. The second kappa shape index (κ2) is 5.66. The zero-order valence-electron chi connectivity index (χ0n) is 10.6. The summed E-state index contributed by atoms with van der Waals surface area (Å²) in [5, 5.41) is 0. The molecule has 1 aliphatic heterocycles. The minimum atomic E-state index is -0.281. The van der Waals surface area contributed by atoms with Gasteiger partial charge in [0.15, 0.2) is 0 Å². The molecule has 0 aromatic carbocycles. The Kier molecular flexibility index (Phi) is 3.96. The third kappa shape index (κ3) is 2.52. The molecule has 0 radical (unpaired) electrons. The van der Waals surface area contributed by atoms with Crippen molar-refractivity contribution in [2.45, 2.75) is 25.8 Å². The van der Waals surface area contributed by atoms with Gasteiger partial charge >= 0.3 is 5.97 Å². The van der Waals surface area contributed by atoms with Gasteiger partial charge in [-0.15, -0.1) is 0 Å². The van der Waals surface area contributed by atoms with Crippen molar-refractivity contribution in [2.24, 2.45) is 0 Å². The molecule has 0 amide bonds. The van der Waals surface area contributed by atoms with Crippen molar-refractivity contribution >= 4 is 11.9 Å². The van der Waals surface area contributed by atoms with Gasteiger partial charge in [0.25, 0.3) is 0 Å². The van der Waals surface area contributed by atoms with Gasteiger partial charge in [0, 0.05) is 18.8 Å². The number of nitrogens with zero attached hydrogens (tertiary/aromatic N) is 3. The molecule has 0 N–H and O–H groups in total. The Balaban J connectivity index is 2.17. The summed E-state index contributed by atoms with van der Waals surface area (Å²) in [5.74, 6) is 0.806. The number of hydrogen-bond acceptors (Lipinski definition) is 6. The van der Waals surface area contributed by atoms with E-state index >= 15 is 0 Å². The van der Waals surface area contributed by atoms with Crippen molar-refractivity contribution in [2.75, 3.05) is 25.2 Å². The zero-order valence-corrected chi connectivity index (χ0v) is 10.6. The maximum absolute atomic E-state index is 11.8. The SMILES string of the molecule is CCOC(=O)C1CCCN1c1nccc(OC)n1. The zero-order chi connectivity index (χ0) is 13.0. The summed E-state index contributed by atoms with van der Waals surface area (Å²) in [4.78, 5) is 22.1. The van der Waals surface area contributed by atoms with Crippen LogP contribution >= 0.6 is 0 Å². The molecule has 6 nitrogen and oxygen atoms in total. The molecule has 18 heavy (non-hydrogen) atoms. The minimum absolute atomic E-state index is 0.207. The molecule has 98 valence electrons. The first-order chi connectivity index (χ1) is 8.76. The number of rotatable bonds is 4. The standard InChI is InChI=1S/C12H17N3O3/c1-3-18-11(16)9-5-4-8-15(9)12-13-7-6-10(14-12)17-2/h6-7,9H,3-5,8H2,1-2H3. The predicted molar refractivity (Wildman–Crippen MR) is 65.6 cm³/mol. The van der Waals surface area contributed by atoms with E-state index in [0.29, 0.717) is 18.4 Å². The maximum Gasteiger partial charge on any atom is 0.328 e. The third-order valence-corrected chi connectivity index (χ3v) is 2.89. The van der Waals surface area contributed by atoms with Crippen molar-refractivity contribution in [1.29, 1.82) is 0 Å². The average molecular weight is 251 g/mol. The fourth-order valence-corrected chi connectivity index (χ4v) is 2.07. The number of hydrogen-bond donors (Lipinski definition) is 0. The van der Waals surface area contributed by atoms with Crippen LogP contribution < -0.4 is 9.64 Å². The summed E-state index contributed by atoms with van der Waals surface area (Å²) in [7, 11) is 1.55. The first-order valence-corrected chi connectivity index (χ1v) is 6.06. The van der Waals surface area contributed by atoms with E-state index in [1.807, 2.05) is 4.90 Å². The summed E-state index contributed by atoms with van der Waals surface area (Å²) < 4.78 is 10.1. The van der Waals surface area contributed by atoms with Gasteiger partial charge in [0.05, 0.1) is 13.7 Å². The second-order valence-electron chi connectivity index (χ2n) is 4.00. The van der Waals surface area contributed by atoms with Gasteiger partial charge in [-0.1, -0.05) is 0 Å². The van der Waals surface area contributed by atoms with Gasteiger partial charge in [0.2, 0.25) is 11.8 Å². The fraction of sp³-hybridized carbons (Fsp3) is 0.583. The molecular weight excluding hydrogens is 234 g/mol. The van der Waals surface area contributed by atoms with Crippen molar-refractivity contribution < 1.29 is 14.3 Å². The van der Waals surface area contributed by atoms with Crippen LogP contribution in [-0.4, -0.2) is 42.2 Å². The van der Waals surface area contributed by atoms with Crippen LogP contribution in [-0.2, 0) is 9.53 Å². The van der Waals surface area contributed by atoms with Crippen LogP contribution in [0.1, 0.15) is 19.8 Å². The number of ether oxygens (including phenoxy) is 2. The van der Waals surface area contributed by atoms with Crippen molar-refractivity contribution in [3.05, 3.63) is 12.3 Å². The summed E-state index contributed by atoms with van der Waals surface area (Å²) >= 11 is 0. The fourth-order valence-electron chi connectivity index (χ4n) is 2.07. The van der Waals surface area contributed by atoms with E-state index in [1.54, 1.807) is 26.3 Å². The van der Waals surface area contributed by atoms with Crippen molar-refractivity contribution in [3.8, 4) is 5.88 Å². The Morgan fingerprint density at radius 1 is 1.61 bits per heavy atom. The van der Waals surface area contributed by atoms with Crippen LogP contribution in [0.25, 0.3) is 0 Å². The van der Waals surface area contributed by atoms with E-state index in [2.05, 4.69) is 9.97 Å². The molecule has 0 bridgehead atoms. The number of esters is 1. The molecule has 0 saturated carbocycles. The lowest BCUT2D eigenvalue weighted by molar-refractivity contribution is -0.144. The van der Waals surface area contributed by atoms with Gasteiger partial charge in [-0.25, -0.2) is 9.78 Å². The Hall–Kier alpha value is -1.85. The highest BCUT2D eigenvalue weighted by Crippen LogP contribution is 2.24. The summed E-state index contributed by atoms with van der Waals surface area (Å²) in [6, 6.07) is 1.40. The molecule has 1 fully saturated rings. The number of carbonyl (C=O) groups is 1. The van der Waals surface area contributed by atoms with Gasteiger partial charge in [-0.2, -0.15) is 4.98 Å². The van der Waals surface area contributed by atoms with Crippen LogP contribution in [0.5, 0.6) is 5.88 Å². The topological polar surface area (TPSA) is 64.5 Å². The molecule has 0 aliphatic carbocycles. The monoisotopic (exact) mass is 251 g/mol. The minimum Gasteiger partial charge on any atom is -0.481 e. The van der Waals surface area contributed by atoms with E-state index in [-0.39, 0.29) is 12.0 Å². The van der Waals surface area contributed by atoms with Gasteiger partial charge in [0.1, 0.15) is 6.04 Å². The molecule has 1 aromatic rings. The number of anilines is 1. The van der Waals surface area contributed by atoms with Crippen LogP contribution in [0.2, 0.25) is 0 Å². The number of carbonyl (C=O) groups excluding carboxylic acids is 1. The van der Waals surface area contributed by atoms with Crippen LogP contribution in [0.3, 0.4) is 0 Å². The van der Waals surface area contributed by atoms with Gasteiger partial charge in [-0.3, -0.25) is 0 Å². The van der Waals surface area contributed by atoms with E-state index in [9.17, 15) is 4.79 Å². The number of aromatic nitrogens is 2. The lowest BCUT2D eigenvalue weighted by atomic mass is 10.2. The molecule has 1 unspecified atom stereocenters. The molecule has 1 atom stereocenters. The van der Waals surface area contributed by atoms with Crippen molar-refractivity contribution in [3.63, 3.8) is 0 Å². The highest BCUT2D eigenvalue weighted by molar-refractivity contribution is 5.80. The van der Waals surface area contributed by atoms with Crippen LogP contribution in [0, 0.1) is 0 Å². The van der Waals surface area contributed by atoms with E-state index in [1.165, 1.54) is 0 Å². The normalized spacial score (nSPS) is 18.8. The van der Waals surface area contributed by atoms with Crippen LogP contribution in [0.4, 0.5) is 5.95 Å². The first-order valence-electron chi connectivity index (χ1n) is 6.06. The van der Waals surface area contributed by atoms with Gasteiger partial charge < -0.3 is 14.4 Å². The molecule has 0 spiro atoms. The largest absolute Gasteiger partial charge is 0.481 e. The van der Waals surface area contributed by atoms with Gasteiger partial charge in [-0.05, 0) is 19.8 Å². The molecule has 6 heteroatoms. The lowest BCUT2D eigenvalue weighted by Gasteiger charge is -2.22. The van der Waals surface area contributed by atoms with Crippen LogP contribution in [0.15, 0.2) is 12.3 Å². The highest BCUT2D eigenvalue weighted by Gasteiger charge is 2.33. The van der Waals surface area contributed by atoms with E-state index < -0.39 is 0 Å². The Bertz CT molecular complexity index is 425. The Labute approximate surface area is 106 Å². The first kappa shape index (κ1) is 12.6. The third-order valence-electron chi connectivity index (χ3n) is 2.89. The Morgan fingerprint density at radius 2 is 2.44 bits per heavy atom. The predicted octanol–water partition coefficient (Wildman–Crippen LogP) is 1.02. The van der Waals surface area contributed by atoms with E-state index in [4.69, 9.17) is 9.47 Å². The Morgan fingerprint density at radius 3 is 3.17 bits per heavy atom. The molecule has 1 aromatic heterocycles. The molecular formula is C12H17N3O3. The average Bonchev–Trinajstić information content (AvgIpc) is 2.88. The summed E-state index contributed by atoms with van der Waals surface area (Å²) in [5.41, 5.74) is 0. The maximum atomic E-state index is 11.8. The molecule has 2 rings (SSSR count).